The zero-order chi connectivity index (χ0) is 29.9. The summed E-state index contributed by atoms with van der Waals surface area (Å²) in [6, 6.07) is 24.1. The Kier molecular flexibility index (Phi) is 7.70. The molecule has 0 spiro atoms. The molecule has 220 valence electrons. The molecule has 0 radical (unpaired) electrons. The fourth-order valence-corrected chi connectivity index (χ4v) is 6.00. The Hall–Kier alpha value is -5.13. The summed E-state index contributed by atoms with van der Waals surface area (Å²) in [5, 5.41) is 8.12. The van der Waals surface area contributed by atoms with Crippen LogP contribution in [-0.4, -0.2) is 51.6 Å². The standard InChI is InChI=1S/C33H28FN7O2S/c34-26-21-25(9-10-28(26)40-13-16-43-17-14-40)37-32-35-12-11-27(38-32)31-30(39-33-41(31)15-18-44-33)23-7-4-8-24(20-23)36-29(42)19-22-5-2-1-3-6-22/h1-12,15,18,20-21H,13-14,16-17,19H2,(H,36,42)(H,35,37,38). The first-order valence-electron chi connectivity index (χ1n) is 14.2. The number of halogens is 1. The van der Waals surface area contributed by atoms with E-state index >= 15 is 4.39 Å². The minimum Gasteiger partial charge on any atom is -0.378 e. The maximum absolute atomic E-state index is 15.0. The van der Waals surface area contributed by atoms with E-state index in [4.69, 9.17) is 14.7 Å². The summed E-state index contributed by atoms with van der Waals surface area (Å²) in [5.41, 5.74) is 5.71. The second-order valence-electron chi connectivity index (χ2n) is 10.3. The van der Waals surface area contributed by atoms with Gasteiger partial charge in [-0.25, -0.2) is 19.3 Å². The number of carbonyl (C=O) groups is 1. The minimum absolute atomic E-state index is 0.0969. The van der Waals surface area contributed by atoms with Gasteiger partial charge in [-0.2, -0.15) is 0 Å². The molecule has 9 nitrogen and oxygen atoms in total. The molecule has 0 aliphatic carbocycles. The van der Waals surface area contributed by atoms with Crippen LogP contribution in [0.5, 0.6) is 0 Å². The molecule has 1 amide bonds. The minimum atomic E-state index is -0.318. The Balaban J connectivity index is 1.16. The average molecular weight is 606 g/mol. The van der Waals surface area contributed by atoms with Gasteiger partial charge in [-0.05, 0) is 42.0 Å². The third-order valence-corrected chi connectivity index (χ3v) is 8.10. The molecule has 0 unspecified atom stereocenters. The Morgan fingerprint density at radius 1 is 0.955 bits per heavy atom. The fraction of sp³-hybridized carbons (Fsp3) is 0.152. The highest BCUT2D eigenvalue weighted by atomic mass is 32.1. The van der Waals surface area contributed by atoms with Crippen LogP contribution in [0.25, 0.3) is 27.6 Å². The number of hydrogen-bond acceptors (Lipinski definition) is 8. The highest BCUT2D eigenvalue weighted by Gasteiger charge is 2.20. The van der Waals surface area contributed by atoms with E-state index in [0.29, 0.717) is 55.0 Å². The summed E-state index contributed by atoms with van der Waals surface area (Å²) in [5.74, 6) is -0.0822. The second kappa shape index (κ2) is 12.2. The lowest BCUT2D eigenvalue weighted by atomic mass is 10.1. The number of imidazole rings is 1. The van der Waals surface area contributed by atoms with Gasteiger partial charge in [-0.3, -0.25) is 9.20 Å². The van der Waals surface area contributed by atoms with Gasteiger partial charge in [0.2, 0.25) is 11.9 Å². The zero-order valence-electron chi connectivity index (χ0n) is 23.6. The highest BCUT2D eigenvalue weighted by molar-refractivity contribution is 7.15. The molecule has 11 heteroatoms. The third kappa shape index (κ3) is 5.87. The number of amides is 1. The van der Waals surface area contributed by atoms with Crippen molar-refractivity contribution < 1.29 is 13.9 Å². The van der Waals surface area contributed by atoms with E-state index in [-0.39, 0.29) is 18.1 Å². The number of aromatic nitrogens is 4. The second-order valence-corrected chi connectivity index (χ2v) is 11.2. The van der Waals surface area contributed by atoms with Gasteiger partial charge < -0.3 is 20.3 Å². The molecule has 1 saturated heterocycles. The topological polar surface area (TPSA) is 96.7 Å². The number of benzene rings is 3. The van der Waals surface area contributed by atoms with E-state index in [2.05, 4.69) is 15.6 Å². The number of ether oxygens (including phenoxy) is 1. The van der Waals surface area contributed by atoms with Crippen molar-refractivity contribution in [2.24, 2.45) is 0 Å². The predicted molar refractivity (Wildman–Crippen MR) is 171 cm³/mol. The van der Waals surface area contributed by atoms with E-state index in [1.165, 1.54) is 17.4 Å². The van der Waals surface area contributed by atoms with E-state index in [1.807, 2.05) is 87.6 Å². The Labute approximate surface area is 257 Å². The first-order chi connectivity index (χ1) is 21.6. The SMILES string of the molecule is O=C(Cc1ccccc1)Nc1cccc(-c2nc3sccn3c2-c2ccnc(Nc3ccc(N4CCOCC4)c(F)c3)n2)c1. The maximum atomic E-state index is 15.0. The van der Waals surface area contributed by atoms with Crippen LogP contribution in [0.2, 0.25) is 0 Å². The van der Waals surface area contributed by atoms with Crippen LogP contribution in [0.3, 0.4) is 0 Å². The van der Waals surface area contributed by atoms with Crippen LogP contribution in [-0.2, 0) is 16.0 Å². The molecule has 1 aliphatic heterocycles. The molecule has 1 aliphatic rings. The fourth-order valence-electron chi connectivity index (χ4n) is 5.29. The van der Waals surface area contributed by atoms with Crippen molar-refractivity contribution in [2.45, 2.75) is 6.42 Å². The van der Waals surface area contributed by atoms with Gasteiger partial charge in [0.1, 0.15) is 11.5 Å². The van der Waals surface area contributed by atoms with Crippen LogP contribution in [0.15, 0.2) is 96.6 Å². The van der Waals surface area contributed by atoms with Crippen LogP contribution >= 0.6 is 11.3 Å². The molecule has 3 aromatic carbocycles. The molecule has 3 aromatic heterocycles. The molecule has 0 bridgehead atoms. The first kappa shape index (κ1) is 27.7. The molecule has 44 heavy (non-hydrogen) atoms. The summed E-state index contributed by atoms with van der Waals surface area (Å²) in [4.78, 5) is 29.6. The number of carbonyl (C=O) groups excluding carboxylic acids is 1. The normalized spacial score (nSPS) is 13.2. The third-order valence-electron chi connectivity index (χ3n) is 7.34. The molecule has 4 heterocycles. The summed E-state index contributed by atoms with van der Waals surface area (Å²) >= 11 is 1.52. The molecule has 2 N–H and O–H groups in total. The first-order valence-corrected chi connectivity index (χ1v) is 15.1. The van der Waals surface area contributed by atoms with Crippen molar-refractivity contribution in [3.05, 3.63) is 108 Å². The highest BCUT2D eigenvalue weighted by Crippen LogP contribution is 2.35. The van der Waals surface area contributed by atoms with Gasteiger partial charge >= 0.3 is 0 Å². The van der Waals surface area contributed by atoms with E-state index in [9.17, 15) is 4.79 Å². The van der Waals surface area contributed by atoms with Crippen molar-refractivity contribution in [2.75, 3.05) is 41.8 Å². The van der Waals surface area contributed by atoms with Crippen molar-refractivity contribution in [1.82, 2.24) is 19.4 Å². The lowest BCUT2D eigenvalue weighted by Gasteiger charge is -2.29. The number of fused-ring (bicyclic) bond motifs is 1. The number of morpholine rings is 1. The van der Waals surface area contributed by atoms with E-state index in [1.54, 1.807) is 12.3 Å². The number of rotatable bonds is 8. The molecule has 0 saturated carbocycles. The predicted octanol–water partition coefficient (Wildman–Crippen LogP) is 6.42. The van der Waals surface area contributed by atoms with E-state index < -0.39 is 0 Å². The van der Waals surface area contributed by atoms with Crippen LogP contribution in [0, 0.1) is 5.82 Å². The average Bonchev–Trinajstić information content (AvgIpc) is 3.64. The quantitative estimate of drug-likeness (QED) is 0.207. The zero-order valence-corrected chi connectivity index (χ0v) is 24.4. The van der Waals surface area contributed by atoms with Gasteiger partial charge in [0.25, 0.3) is 0 Å². The van der Waals surface area contributed by atoms with Crippen molar-refractivity contribution in [1.29, 1.82) is 0 Å². The van der Waals surface area contributed by atoms with Gasteiger partial charge in [0, 0.05) is 47.8 Å². The molecule has 7 rings (SSSR count). The van der Waals surface area contributed by atoms with E-state index in [0.717, 1.165) is 27.5 Å². The number of nitrogens with zero attached hydrogens (tertiary/aromatic N) is 5. The van der Waals surface area contributed by atoms with Crippen molar-refractivity contribution >= 4 is 45.2 Å². The van der Waals surface area contributed by atoms with Crippen LogP contribution < -0.4 is 15.5 Å². The Bertz CT molecular complexity index is 1940. The number of thiazole rings is 1. The number of anilines is 4. The van der Waals surface area contributed by atoms with Crippen molar-refractivity contribution in [3.63, 3.8) is 0 Å². The van der Waals surface area contributed by atoms with Gasteiger partial charge in [-0.15, -0.1) is 11.3 Å². The summed E-state index contributed by atoms with van der Waals surface area (Å²) in [6.07, 6.45) is 3.90. The van der Waals surface area contributed by atoms with Crippen LogP contribution in [0.4, 0.5) is 27.4 Å². The number of nitrogens with one attached hydrogen (secondary N) is 2. The number of hydrogen-bond donors (Lipinski definition) is 2. The summed E-state index contributed by atoms with van der Waals surface area (Å²) in [6.45, 7) is 2.48. The van der Waals surface area contributed by atoms with Gasteiger partial charge in [-0.1, -0.05) is 42.5 Å². The molecule has 1 fully saturated rings. The summed E-state index contributed by atoms with van der Waals surface area (Å²) < 4.78 is 22.4. The Morgan fingerprint density at radius 3 is 2.66 bits per heavy atom. The molecular formula is C33H28FN7O2S. The summed E-state index contributed by atoms with van der Waals surface area (Å²) in [7, 11) is 0. The maximum Gasteiger partial charge on any atom is 0.228 e. The van der Waals surface area contributed by atoms with Gasteiger partial charge in [0.05, 0.1) is 36.7 Å². The lowest BCUT2D eigenvalue weighted by Crippen LogP contribution is -2.36. The molecule has 6 aromatic rings. The van der Waals surface area contributed by atoms with Crippen molar-refractivity contribution in [3.8, 4) is 22.6 Å². The Morgan fingerprint density at radius 2 is 1.82 bits per heavy atom. The smallest absolute Gasteiger partial charge is 0.228 e. The molecular weight excluding hydrogens is 577 g/mol. The lowest BCUT2D eigenvalue weighted by molar-refractivity contribution is -0.115. The van der Waals surface area contributed by atoms with Gasteiger partial charge in [0.15, 0.2) is 4.96 Å². The van der Waals surface area contributed by atoms with Crippen LogP contribution in [0.1, 0.15) is 5.56 Å². The molecule has 0 atom stereocenters. The monoisotopic (exact) mass is 605 g/mol. The largest absolute Gasteiger partial charge is 0.378 e.